The van der Waals surface area contributed by atoms with Gasteiger partial charge in [-0.25, -0.2) is 0 Å². The number of nitrogens with one attached hydrogen (secondary N) is 2. The van der Waals surface area contributed by atoms with Gasteiger partial charge < -0.3 is 0 Å². The number of hydrogen-bond acceptors (Lipinski definition) is 0. The molecular weight excluding hydrogens is 208 g/mol. The van der Waals surface area contributed by atoms with Gasteiger partial charge in [-0.15, -0.1) is 0 Å². The molecule has 17 heavy (non-hydrogen) atoms. The first-order valence-corrected chi connectivity index (χ1v) is 7.49. The van der Waals surface area contributed by atoms with Gasteiger partial charge in [0.25, 0.3) is 0 Å². The zero-order valence-electron chi connectivity index (χ0n) is 11.9. The van der Waals surface area contributed by atoms with Crippen LogP contribution in [0.1, 0.15) is 46.5 Å². The minimum atomic E-state index is 0.900. The van der Waals surface area contributed by atoms with Gasteiger partial charge in [0.1, 0.15) is 13.1 Å². The Hall–Kier alpha value is -0.340. The van der Waals surface area contributed by atoms with Crippen molar-refractivity contribution in [1.29, 1.82) is 0 Å². The first-order chi connectivity index (χ1) is 8.16. The molecule has 2 fully saturated rings. The van der Waals surface area contributed by atoms with Crippen LogP contribution in [-0.4, -0.2) is 32.3 Å². The Kier molecular flexibility index (Phi) is 4.63. The predicted molar refractivity (Wildman–Crippen MR) is 72.2 cm³/mol. The summed E-state index contributed by atoms with van der Waals surface area (Å²) < 4.78 is 0. The van der Waals surface area contributed by atoms with E-state index in [9.17, 15) is 0 Å². The lowest BCUT2D eigenvalue weighted by molar-refractivity contribution is -1.08. The normalized spacial score (nSPS) is 33.5. The maximum absolute atomic E-state index is 2.45. The van der Waals surface area contributed by atoms with Gasteiger partial charge in [-0.05, 0) is 32.6 Å². The summed E-state index contributed by atoms with van der Waals surface area (Å²) in [7, 11) is 0. The number of quaternary nitrogens is 2. The average Bonchev–Trinajstić information content (AvgIpc) is 2.50. The second-order valence-corrected chi connectivity index (χ2v) is 6.42. The Balaban J connectivity index is 1.75. The Bertz CT molecular complexity index is 252. The molecule has 2 aliphatic rings. The van der Waals surface area contributed by atoms with Crippen molar-refractivity contribution in [3.05, 3.63) is 11.6 Å². The summed E-state index contributed by atoms with van der Waals surface area (Å²) in [6.45, 7) is 12.6. The molecule has 98 valence electrons. The van der Waals surface area contributed by atoms with E-state index in [0.717, 1.165) is 12.1 Å². The minimum Gasteiger partial charge on any atom is -0.281 e. The fourth-order valence-electron chi connectivity index (χ4n) is 3.61. The fraction of sp³-hybridized carbons (Fsp3) is 0.867. The van der Waals surface area contributed by atoms with Crippen molar-refractivity contribution in [2.45, 2.75) is 52.6 Å². The zero-order chi connectivity index (χ0) is 12.3. The average molecular weight is 238 g/mol. The molecule has 2 nitrogen and oxygen atoms in total. The highest BCUT2D eigenvalue weighted by Gasteiger charge is 2.42. The molecule has 2 N–H and O–H groups in total. The van der Waals surface area contributed by atoms with Crippen LogP contribution in [0, 0.1) is 5.92 Å². The molecule has 0 aromatic carbocycles. The summed E-state index contributed by atoms with van der Waals surface area (Å²) in [6.07, 6.45) is 8.88. The van der Waals surface area contributed by atoms with Gasteiger partial charge in [0.15, 0.2) is 0 Å². The van der Waals surface area contributed by atoms with E-state index < -0.39 is 0 Å². The SMILES string of the molecule is CC(C)=CCC[C@@H](C)CC1[NH+]2CCC[NH+]1CC2. The van der Waals surface area contributed by atoms with Crippen LogP contribution in [0.4, 0.5) is 0 Å². The van der Waals surface area contributed by atoms with Gasteiger partial charge in [0.05, 0.1) is 19.5 Å². The molecule has 2 aliphatic heterocycles. The maximum Gasteiger partial charge on any atom is 0.214 e. The van der Waals surface area contributed by atoms with Crippen LogP contribution >= 0.6 is 0 Å². The van der Waals surface area contributed by atoms with E-state index in [2.05, 4.69) is 26.8 Å². The van der Waals surface area contributed by atoms with E-state index in [-0.39, 0.29) is 0 Å². The molecule has 2 heteroatoms. The van der Waals surface area contributed by atoms with Crippen LogP contribution in [0.25, 0.3) is 0 Å². The van der Waals surface area contributed by atoms with Crippen molar-refractivity contribution in [2.75, 3.05) is 26.2 Å². The summed E-state index contributed by atoms with van der Waals surface area (Å²) in [6, 6.07) is 0. The van der Waals surface area contributed by atoms with Crippen LogP contribution in [0.5, 0.6) is 0 Å². The first kappa shape index (κ1) is 13.1. The predicted octanol–water partition coefficient (Wildman–Crippen LogP) is 0.272. The van der Waals surface area contributed by atoms with Crippen molar-refractivity contribution in [2.24, 2.45) is 5.92 Å². The largest absolute Gasteiger partial charge is 0.281 e. The molecule has 2 saturated heterocycles. The van der Waals surface area contributed by atoms with E-state index >= 15 is 0 Å². The molecule has 3 atom stereocenters. The smallest absolute Gasteiger partial charge is 0.214 e. The molecule has 0 saturated carbocycles. The van der Waals surface area contributed by atoms with E-state index in [0.29, 0.717) is 0 Å². The van der Waals surface area contributed by atoms with Crippen molar-refractivity contribution in [3.8, 4) is 0 Å². The summed E-state index contributed by atoms with van der Waals surface area (Å²) in [4.78, 5) is 3.81. The Morgan fingerprint density at radius 3 is 2.41 bits per heavy atom. The second-order valence-electron chi connectivity index (χ2n) is 6.42. The topological polar surface area (TPSA) is 8.88 Å². The summed E-state index contributed by atoms with van der Waals surface area (Å²) in [5, 5.41) is 0. The van der Waals surface area contributed by atoms with E-state index in [1.54, 1.807) is 0 Å². The van der Waals surface area contributed by atoms with Gasteiger partial charge in [-0.2, -0.15) is 0 Å². The third-order valence-electron chi connectivity index (χ3n) is 4.60. The maximum atomic E-state index is 2.45. The van der Waals surface area contributed by atoms with Crippen LogP contribution in [-0.2, 0) is 0 Å². The van der Waals surface area contributed by atoms with Crippen LogP contribution < -0.4 is 9.80 Å². The molecule has 0 aromatic rings. The number of allylic oxidation sites excluding steroid dienone is 2. The lowest BCUT2D eigenvalue weighted by atomic mass is 9.98. The lowest BCUT2D eigenvalue weighted by Crippen LogP contribution is -3.31. The highest BCUT2D eigenvalue weighted by atomic mass is 15.4. The van der Waals surface area contributed by atoms with E-state index in [1.165, 1.54) is 57.4 Å². The first-order valence-electron chi connectivity index (χ1n) is 7.49. The molecule has 0 radical (unpaired) electrons. The molecule has 0 amide bonds. The molecule has 2 unspecified atom stereocenters. The third-order valence-corrected chi connectivity index (χ3v) is 4.60. The summed E-state index contributed by atoms with van der Waals surface area (Å²) in [5.41, 5.74) is 1.47. The van der Waals surface area contributed by atoms with E-state index in [1.807, 2.05) is 9.80 Å². The fourth-order valence-corrected chi connectivity index (χ4v) is 3.61. The molecule has 2 bridgehead atoms. The molecule has 2 heterocycles. The Labute approximate surface area is 107 Å². The van der Waals surface area contributed by atoms with Gasteiger partial charge in [0, 0.05) is 6.42 Å². The lowest BCUT2D eigenvalue weighted by Gasteiger charge is -2.30. The van der Waals surface area contributed by atoms with E-state index in [4.69, 9.17) is 0 Å². The van der Waals surface area contributed by atoms with Gasteiger partial charge in [-0.3, -0.25) is 9.80 Å². The number of fused-ring (bicyclic) bond motifs is 2. The van der Waals surface area contributed by atoms with Gasteiger partial charge in [0.2, 0.25) is 6.17 Å². The van der Waals surface area contributed by atoms with Gasteiger partial charge in [-0.1, -0.05) is 18.6 Å². The summed E-state index contributed by atoms with van der Waals surface area (Å²) in [5.74, 6) is 0.900. The Morgan fingerprint density at radius 1 is 1.18 bits per heavy atom. The van der Waals surface area contributed by atoms with Crippen LogP contribution in [0.3, 0.4) is 0 Å². The van der Waals surface area contributed by atoms with Crippen molar-refractivity contribution >= 4 is 0 Å². The molecular formula is C15H30N2+2. The molecule has 0 aliphatic carbocycles. The van der Waals surface area contributed by atoms with Crippen molar-refractivity contribution in [3.63, 3.8) is 0 Å². The second kappa shape index (κ2) is 6.01. The van der Waals surface area contributed by atoms with Crippen LogP contribution in [0.2, 0.25) is 0 Å². The number of hydrogen-bond donors (Lipinski definition) is 2. The molecule has 2 rings (SSSR count). The summed E-state index contributed by atoms with van der Waals surface area (Å²) >= 11 is 0. The zero-order valence-corrected chi connectivity index (χ0v) is 11.9. The van der Waals surface area contributed by atoms with Crippen LogP contribution in [0.15, 0.2) is 11.6 Å². The standard InChI is InChI=1S/C15H28N2/c1-13(2)6-4-7-14(3)12-15-16-8-5-9-17(15)11-10-16/h6,14-15H,4-5,7-12H2,1-3H3/p+2/t14-/m1/s1. The third kappa shape index (κ3) is 3.56. The highest BCUT2D eigenvalue weighted by Crippen LogP contribution is 2.12. The number of rotatable bonds is 5. The monoisotopic (exact) mass is 238 g/mol. The van der Waals surface area contributed by atoms with Crippen molar-refractivity contribution in [1.82, 2.24) is 0 Å². The van der Waals surface area contributed by atoms with Gasteiger partial charge >= 0.3 is 0 Å². The Morgan fingerprint density at radius 2 is 1.82 bits per heavy atom. The quantitative estimate of drug-likeness (QED) is 0.637. The molecule has 0 aromatic heterocycles. The highest BCUT2D eigenvalue weighted by molar-refractivity contribution is 4.92. The minimum absolute atomic E-state index is 0.900. The van der Waals surface area contributed by atoms with Crippen molar-refractivity contribution < 1.29 is 9.80 Å². The molecule has 0 spiro atoms.